The number of anilines is 2. The Morgan fingerprint density at radius 3 is 2.23 bits per heavy atom. The van der Waals surface area contributed by atoms with Gasteiger partial charge in [0, 0.05) is 25.2 Å². The molecule has 26 heavy (non-hydrogen) atoms. The van der Waals surface area contributed by atoms with E-state index in [0.717, 1.165) is 12.1 Å². The van der Waals surface area contributed by atoms with Crippen molar-refractivity contribution in [1.29, 1.82) is 0 Å². The highest BCUT2D eigenvalue weighted by Crippen LogP contribution is 2.28. The van der Waals surface area contributed by atoms with Gasteiger partial charge in [0.2, 0.25) is 0 Å². The molecule has 0 aliphatic carbocycles. The summed E-state index contributed by atoms with van der Waals surface area (Å²) in [6.07, 6.45) is 0. The Labute approximate surface area is 150 Å². The molecule has 1 fully saturated rings. The summed E-state index contributed by atoms with van der Waals surface area (Å²) in [7, 11) is 0. The highest BCUT2D eigenvalue weighted by molar-refractivity contribution is 6.00. The molecule has 0 bridgehead atoms. The highest BCUT2D eigenvalue weighted by atomic mass is 19.2. The predicted octanol–water partition coefficient (Wildman–Crippen LogP) is 3.97. The molecule has 140 valence electrons. The lowest BCUT2D eigenvalue weighted by Gasteiger charge is -2.37. The minimum absolute atomic E-state index is 0.00197. The molecule has 3 N–H and O–H groups in total. The lowest BCUT2D eigenvalue weighted by atomic mass is 10.1. The molecule has 7 heteroatoms. The zero-order chi connectivity index (χ0) is 19.4. The minimum Gasteiger partial charge on any atom is -0.352 e. The van der Waals surface area contributed by atoms with Crippen molar-refractivity contribution in [2.24, 2.45) is 5.73 Å². The van der Waals surface area contributed by atoms with Gasteiger partial charge in [-0.15, -0.1) is 0 Å². The second-order valence-electron chi connectivity index (χ2n) is 5.89. The molecule has 1 amide bonds. The molecule has 0 spiro atoms. The highest BCUT2D eigenvalue weighted by Gasteiger charge is 2.30. The van der Waals surface area contributed by atoms with Crippen molar-refractivity contribution >= 4 is 17.3 Å². The Balaban J connectivity index is 0.00000117. The van der Waals surface area contributed by atoms with Crippen LogP contribution in [0, 0.1) is 24.4 Å². The number of likely N-dealkylation sites (tertiary alicyclic amines) is 1. The lowest BCUT2D eigenvalue weighted by molar-refractivity contribution is 0.0608. The van der Waals surface area contributed by atoms with Crippen LogP contribution < -0.4 is 11.1 Å². The van der Waals surface area contributed by atoms with E-state index in [0.29, 0.717) is 18.7 Å². The maximum absolute atomic E-state index is 14.0. The number of benzene rings is 2. The van der Waals surface area contributed by atoms with Gasteiger partial charge < -0.3 is 16.0 Å². The molecule has 1 heterocycles. The maximum Gasteiger partial charge on any atom is 0.256 e. The fraction of sp³-hybridized carbons (Fsp3) is 0.316. The number of carbonyl (C=O) groups is 1. The van der Waals surface area contributed by atoms with E-state index in [-0.39, 0.29) is 23.0 Å². The topological polar surface area (TPSA) is 58.4 Å². The number of halogens is 3. The molecule has 2 aromatic carbocycles. The first kappa shape index (κ1) is 19.8. The van der Waals surface area contributed by atoms with Crippen LogP contribution in [0.3, 0.4) is 0 Å². The Kier molecular flexibility index (Phi) is 6.26. The van der Waals surface area contributed by atoms with E-state index in [4.69, 9.17) is 5.73 Å². The number of rotatable bonds is 3. The third-order valence-electron chi connectivity index (χ3n) is 3.88. The van der Waals surface area contributed by atoms with E-state index in [2.05, 4.69) is 5.32 Å². The molecule has 3 rings (SSSR count). The van der Waals surface area contributed by atoms with Gasteiger partial charge in [-0.25, -0.2) is 13.2 Å². The van der Waals surface area contributed by atoms with Crippen molar-refractivity contribution in [2.45, 2.75) is 26.8 Å². The number of amides is 1. The van der Waals surface area contributed by atoms with Crippen LogP contribution in [0.5, 0.6) is 0 Å². The van der Waals surface area contributed by atoms with Gasteiger partial charge >= 0.3 is 0 Å². The van der Waals surface area contributed by atoms with Crippen molar-refractivity contribution < 1.29 is 18.0 Å². The molecule has 1 saturated heterocycles. The van der Waals surface area contributed by atoms with Gasteiger partial charge in [-0.3, -0.25) is 4.79 Å². The number of nitrogens with zero attached hydrogens (tertiary/aromatic N) is 1. The first-order chi connectivity index (χ1) is 12.3. The Morgan fingerprint density at radius 2 is 1.65 bits per heavy atom. The molecule has 1 aliphatic heterocycles. The first-order valence-electron chi connectivity index (χ1n) is 8.42. The molecular weight excluding hydrogens is 343 g/mol. The van der Waals surface area contributed by atoms with Gasteiger partial charge in [-0.05, 0) is 30.7 Å². The van der Waals surface area contributed by atoms with Crippen LogP contribution in [-0.2, 0) is 0 Å². The summed E-state index contributed by atoms with van der Waals surface area (Å²) in [5.74, 6) is -3.30. The zero-order valence-electron chi connectivity index (χ0n) is 14.9. The van der Waals surface area contributed by atoms with Gasteiger partial charge in [0.1, 0.15) is 5.82 Å². The van der Waals surface area contributed by atoms with Crippen molar-refractivity contribution in [2.75, 3.05) is 18.4 Å². The van der Waals surface area contributed by atoms with Gasteiger partial charge in [0.25, 0.3) is 5.91 Å². The largest absolute Gasteiger partial charge is 0.352 e. The fourth-order valence-electron chi connectivity index (χ4n) is 2.54. The molecule has 0 saturated carbocycles. The van der Waals surface area contributed by atoms with Crippen molar-refractivity contribution in [3.05, 3.63) is 58.9 Å². The number of nitrogens with one attached hydrogen (secondary N) is 1. The number of carbonyl (C=O) groups excluding carboxylic acids is 1. The van der Waals surface area contributed by atoms with E-state index in [9.17, 15) is 18.0 Å². The molecule has 0 atom stereocenters. The van der Waals surface area contributed by atoms with Gasteiger partial charge in [-0.1, -0.05) is 19.9 Å². The van der Waals surface area contributed by atoms with Crippen LogP contribution in [0.2, 0.25) is 0 Å². The van der Waals surface area contributed by atoms with Crippen molar-refractivity contribution in [3.8, 4) is 0 Å². The standard InChI is InChI=1S/C17H16F3N3O.C2H6/c1-9-2-3-15(14(20)4-9)22-16-6-13(19)12(18)5-11(16)17(24)23-7-10(21)8-23;1-2/h2-6,10,22H,7-8,21H2,1H3;1-2H3. The second-order valence-corrected chi connectivity index (χ2v) is 5.89. The molecule has 0 aromatic heterocycles. The van der Waals surface area contributed by atoms with Gasteiger partial charge in [0.15, 0.2) is 11.6 Å². The number of aryl methyl sites for hydroxylation is 1. The van der Waals surface area contributed by atoms with Crippen LogP contribution in [0.4, 0.5) is 24.5 Å². The second kappa shape index (κ2) is 8.23. The summed E-state index contributed by atoms with van der Waals surface area (Å²) < 4.78 is 41.2. The Morgan fingerprint density at radius 1 is 1.04 bits per heavy atom. The molecule has 1 aliphatic rings. The summed E-state index contributed by atoms with van der Waals surface area (Å²) in [5, 5.41) is 2.67. The monoisotopic (exact) mass is 365 g/mol. The number of nitrogens with two attached hydrogens (primary N) is 1. The Bertz CT molecular complexity index is 805. The van der Waals surface area contributed by atoms with E-state index in [1.54, 1.807) is 13.0 Å². The van der Waals surface area contributed by atoms with Crippen LogP contribution in [-0.4, -0.2) is 29.9 Å². The lowest BCUT2D eigenvalue weighted by Crippen LogP contribution is -2.57. The molecule has 2 aromatic rings. The number of hydrogen-bond donors (Lipinski definition) is 2. The van der Waals surface area contributed by atoms with Crippen LogP contribution >= 0.6 is 0 Å². The smallest absolute Gasteiger partial charge is 0.256 e. The SMILES string of the molecule is CC.Cc1ccc(Nc2cc(F)c(F)cc2C(=O)N2CC(N)C2)c(F)c1. The van der Waals surface area contributed by atoms with E-state index in [1.165, 1.54) is 17.0 Å². The van der Waals surface area contributed by atoms with E-state index in [1.807, 2.05) is 13.8 Å². The summed E-state index contributed by atoms with van der Waals surface area (Å²) in [4.78, 5) is 13.9. The minimum atomic E-state index is -1.14. The average molecular weight is 365 g/mol. The van der Waals surface area contributed by atoms with E-state index >= 15 is 0 Å². The van der Waals surface area contributed by atoms with Crippen molar-refractivity contribution in [3.63, 3.8) is 0 Å². The summed E-state index contributed by atoms with van der Waals surface area (Å²) in [6, 6.07) is 5.99. The quantitative estimate of drug-likeness (QED) is 0.865. The van der Waals surface area contributed by atoms with E-state index < -0.39 is 23.4 Å². The molecule has 4 nitrogen and oxygen atoms in total. The third kappa shape index (κ3) is 4.16. The van der Waals surface area contributed by atoms with Crippen LogP contribution in [0.1, 0.15) is 29.8 Å². The molecule has 0 unspecified atom stereocenters. The molecular formula is C19H22F3N3O. The van der Waals surface area contributed by atoms with Gasteiger partial charge in [-0.2, -0.15) is 0 Å². The Hall–Kier alpha value is -2.54. The molecule has 0 radical (unpaired) electrons. The van der Waals surface area contributed by atoms with Crippen LogP contribution in [0.25, 0.3) is 0 Å². The summed E-state index contributed by atoms with van der Waals surface area (Å²) >= 11 is 0. The third-order valence-corrected chi connectivity index (χ3v) is 3.88. The average Bonchev–Trinajstić information content (AvgIpc) is 2.58. The fourth-order valence-corrected chi connectivity index (χ4v) is 2.54. The summed E-state index contributed by atoms with van der Waals surface area (Å²) in [5.41, 5.74) is 6.36. The normalized spacial score (nSPS) is 13.6. The number of hydrogen-bond acceptors (Lipinski definition) is 3. The zero-order valence-corrected chi connectivity index (χ0v) is 14.9. The summed E-state index contributed by atoms with van der Waals surface area (Å²) in [6.45, 7) is 6.42. The van der Waals surface area contributed by atoms with Gasteiger partial charge in [0.05, 0.1) is 16.9 Å². The van der Waals surface area contributed by atoms with Crippen LogP contribution in [0.15, 0.2) is 30.3 Å². The predicted molar refractivity (Wildman–Crippen MR) is 96.0 cm³/mol. The maximum atomic E-state index is 14.0. The van der Waals surface area contributed by atoms with Crippen molar-refractivity contribution in [1.82, 2.24) is 4.90 Å². The first-order valence-corrected chi connectivity index (χ1v) is 8.42.